The molecule has 0 unspecified atom stereocenters. The van der Waals surface area contributed by atoms with Crippen LogP contribution in [-0.2, 0) is 5.54 Å². The van der Waals surface area contributed by atoms with E-state index in [2.05, 4.69) is 21.4 Å². The third kappa shape index (κ3) is 5.11. The van der Waals surface area contributed by atoms with Gasteiger partial charge in [0.2, 0.25) is 0 Å². The third-order valence-electron chi connectivity index (χ3n) is 6.31. The second kappa shape index (κ2) is 10.0. The fourth-order valence-corrected chi connectivity index (χ4v) is 4.33. The summed E-state index contributed by atoms with van der Waals surface area (Å²) < 4.78 is 69.5. The Balaban J connectivity index is 0.00000380. The van der Waals surface area contributed by atoms with Gasteiger partial charge in [0.15, 0.2) is 5.82 Å². The molecule has 1 aliphatic heterocycles. The van der Waals surface area contributed by atoms with Crippen LogP contribution in [0.2, 0.25) is 0 Å². The monoisotopic (exact) mass is 543 g/mol. The molecular formula is C23H23ClF5N7O. The Morgan fingerprint density at radius 1 is 1.30 bits per heavy atom. The highest BCUT2D eigenvalue weighted by atomic mass is 35.5. The van der Waals surface area contributed by atoms with Crippen molar-refractivity contribution in [2.24, 2.45) is 0 Å². The number of nitriles is 1. The van der Waals surface area contributed by atoms with Crippen molar-refractivity contribution in [1.82, 2.24) is 25.3 Å². The van der Waals surface area contributed by atoms with Gasteiger partial charge in [-0.05, 0) is 26.8 Å². The quantitative estimate of drug-likeness (QED) is 0.449. The van der Waals surface area contributed by atoms with Crippen LogP contribution in [0.5, 0.6) is 0 Å². The first-order valence-electron chi connectivity index (χ1n) is 10.9. The first-order chi connectivity index (χ1) is 16.9. The molecule has 3 aromatic rings. The number of H-pyrrole nitrogens is 1. The van der Waals surface area contributed by atoms with Crippen LogP contribution < -0.4 is 10.2 Å². The Morgan fingerprint density at radius 2 is 1.97 bits per heavy atom. The number of rotatable bonds is 6. The highest BCUT2D eigenvalue weighted by molar-refractivity contribution is 5.96. The molecule has 4 rings (SSSR count). The van der Waals surface area contributed by atoms with Crippen molar-refractivity contribution >= 4 is 24.0 Å². The highest BCUT2D eigenvalue weighted by Gasteiger charge is 2.47. The third-order valence-corrected chi connectivity index (χ3v) is 6.31. The number of aromatic amines is 1. The fraction of sp³-hybridized carbons (Fsp3) is 0.391. The van der Waals surface area contributed by atoms with Gasteiger partial charge < -0.3 is 10.2 Å². The van der Waals surface area contributed by atoms with E-state index in [0.717, 1.165) is 28.6 Å². The minimum Gasteiger partial charge on any atom is -0.364 e. The van der Waals surface area contributed by atoms with Crippen molar-refractivity contribution < 1.29 is 26.7 Å². The van der Waals surface area contributed by atoms with Gasteiger partial charge >= 0.3 is 6.18 Å². The highest BCUT2D eigenvalue weighted by Crippen LogP contribution is 2.39. The lowest BCUT2D eigenvalue weighted by Gasteiger charge is -2.50. The number of amides is 1. The number of alkyl halides is 3. The van der Waals surface area contributed by atoms with Crippen LogP contribution in [0.4, 0.5) is 27.6 Å². The van der Waals surface area contributed by atoms with Gasteiger partial charge in [0, 0.05) is 42.2 Å². The lowest BCUT2D eigenvalue weighted by molar-refractivity contribution is -0.149. The number of nitrogens with zero attached hydrogens (tertiary/aromatic N) is 5. The minimum atomic E-state index is -4.74. The molecule has 2 aromatic heterocycles. The number of benzene rings is 1. The summed E-state index contributed by atoms with van der Waals surface area (Å²) in [7, 11) is 0. The van der Waals surface area contributed by atoms with Crippen molar-refractivity contribution in [2.45, 2.75) is 44.9 Å². The molecule has 198 valence electrons. The number of nitrogens with one attached hydrogen (secondary N) is 2. The number of aromatic nitrogens is 4. The van der Waals surface area contributed by atoms with Gasteiger partial charge in [-0.2, -0.15) is 28.6 Å². The van der Waals surface area contributed by atoms with E-state index in [0.29, 0.717) is 13.0 Å². The molecule has 14 heteroatoms. The molecule has 0 bridgehead atoms. The van der Waals surface area contributed by atoms with Crippen molar-refractivity contribution in [1.29, 1.82) is 5.26 Å². The van der Waals surface area contributed by atoms with Crippen molar-refractivity contribution in [3.05, 3.63) is 53.1 Å². The molecule has 8 nitrogen and oxygen atoms in total. The summed E-state index contributed by atoms with van der Waals surface area (Å²) in [4.78, 5) is 13.7. The van der Waals surface area contributed by atoms with Crippen LogP contribution in [0.3, 0.4) is 0 Å². The molecule has 0 saturated carbocycles. The first-order valence-corrected chi connectivity index (χ1v) is 10.9. The number of carbonyl (C=O) groups excluding carboxylic acids is 1. The van der Waals surface area contributed by atoms with Gasteiger partial charge in [0.05, 0.1) is 35.6 Å². The van der Waals surface area contributed by atoms with Crippen molar-refractivity contribution in [3.8, 4) is 17.2 Å². The van der Waals surface area contributed by atoms with E-state index in [1.54, 1.807) is 22.4 Å². The molecule has 0 aliphatic carbocycles. The Hall–Kier alpha value is -3.66. The molecule has 0 spiro atoms. The molecule has 1 aromatic carbocycles. The van der Waals surface area contributed by atoms with Crippen LogP contribution in [0.15, 0.2) is 24.5 Å². The summed E-state index contributed by atoms with van der Waals surface area (Å²) in [6.07, 6.45) is -1.35. The van der Waals surface area contributed by atoms with Crippen molar-refractivity contribution in [3.63, 3.8) is 0 Å². The van der Waals surface area contributed by atoms with Crippen LogP contribution in [0.25, 0.3) is 11.1 Å². The molecule has 1 saturated heterocycles. The number of halogens is 6. The van der Waals surface area contributed by atoms with Crippen LogP contribution in [0.1, 0.15) is 35.1 Å². The SMILES string of the molecule is Cc1n[nH]c(C)c1-c1cnn(C2(CC#N)CN(c3cc(F)cc(C(=O)N[C@@H](C)C(F)(F)F)c3F)C2)c1.Cl. The Kier molecular flexibility index (Phi) is 7.55. The maximum Gasteiger partial charge on any atom is 0.408 e. The molecule has 0 radical (unpaired) electrons. The Morgan fingerprint density at radius 3 is 2.54 bits per heavy atom. The molecule has 1 fully saturated rings. The van der Waals surface area contributed by atoms with Gasteiger partial charge in [-0.25, -0.2) is 8.78 Å². The zero-order valence-electron chi connectivity index (χ0n) is 20.0. The second-order valence-corrected chi connectivity index (χ2v) is 8.92. The average molecular weight is 544 g/mol. The van der Waals surface area contributed by atoms with Crippen LogP contribution in [0, 0.1) is 36.8 Å². The lowest BCUT2D eigenvalue weighted by Crippen LogP contribution is -2.63. The molecule has 37 heavy (non-hydrogen) atoms. The maximum absolute atomic E-state index is 15.2. The number of aryl methyl sites for hydroxylation is 2. The predicted molar refractivity (Wildman–Crippen MR) is 126 cm³/mol. The van der Waals surface area contributed by atoms with E-state index in [9.17, 15) is 27.6 Å². The summed E-state index contributed by atoms with van der Waals surface area (Å²) in [5.41, 5.74) is 1.25. The Bertz CT molecular complexity index is 1330. The summed E-state index contributed by atoms with van der Waals surface area (Å²) in [6, 6.07) is 1.26. The predicted octanol–water partition coefficient (Wildman–Crippen LogP) is 4.40. The largest absolute Gasteiger partial charge is 0.408 e. The smallest absolute Gasteiger partial charge is 0.364 e. The number of anilines is 1. The van der Waals surface area contributed by atoms with E-state index in [4.69, 9.17) is 0 Å². The topological polar surface area (TPSA) is 103 Å². The molecule has 1 aliphatic rings. The van der Waals surface area contributed by atoms with E-state index < -0.39 is 40.9 Å². The lowest BCUT2D eigenvalue weighted by atomic mass is 9.86. The van der Waals surface area contributed by atoms with Gasteiger partial charge in [-0.15, -0.1) is 12.4 Å². The van der Waals surface area contributed by atoms with E-state index in [1.807, 2.05) is 13.8 Å². The fourth-order valence-electron chi connectivity index (χ4n) is 4.33. The average Bonchev–Trinajstić information content (AvgIpc) is 3.37. The van der Waals surface area contributed by atoms with Crippen LogP contribution in [-0.4, -0.2) is 51.2 Å². The summed E-state index contributed by atoms with van der Waals surface area (Å²) in [5.74, 6) is -3.52. The molecule has 1 amide bonds. The summed E-state index contributed by atoms with van der Waals surface area (Å²) >= 11 is 0. The van der Waals surface area contributed by atoms with Crippen LogP contribution >= 0.6 is 12.4 Å². The summed E-state index contributed by atoms with van der Waals surface area (Å²) in [6.45, 7) is 4.52. The van der Waals surface area contributed by atoms with E-state index in [1.165, 1.54) is 4.90 Å². The molecule has 2 N–H and O–H groups in total. The molecule has 3 heterocycles. The van der Waals surface area contributed by atoms with Gasteiger partial charge in [-0.3, -0.25) is 14.6 Å². The van der Waals surface area contributed by atoms with Gasteiger partial charge in [0.1, 0.15) is 17.4 Å². The van der Waals surface area contributed by atoms with E-state index in [-0.39, 0.29) is 37.6 Å². The number of carbonyl (C=O) groups is 1. The number of hydrogen-bond donors (Lipinski definition) is 2. The molecular weight excluding hydrogens is 521 g/mol. The second-order valence-electron chi connectivity index (χ2n) is 8.92. The van der Waals surface area contributed by atoms with Gasteiger partial charge in [0.25, 0.3) is 5.91 Å². The number of hydrogen-bond acceptors (Lipinski definition) is 5. The minimum absolute atomic E-state index is 0. The zero-order chi connectivity index (χ0) is 26.4. The first kappa shape index (κ1) is 27.9. The normalized spacial score (nSPS) is 15.4. The van der Waals surface area contributed by atoms with Gasteiger partial charge in [-0.1, -0.05) is 0 Å². The molecule has 1 atom stereocenters. The maximum atomic E-state index is 15.2. The summed E-state index contributed by atoms with van der Waals surface area (Å²) in [5, 5.41) is 22.5. The van der Waals surface area contributed by atoms with Crippen molar-refractivity contribution in [2.75, 3.05) is 18.0 Å². The Labute approximate surface area is 214 Å². The zero-order valence-corrected chi connectivity index (χ0v) is 20.8. The standard InChI is InChI=1S/C23H22F5N7O.ClH/c1-12-19(13(2)33-32-12)15-8-30-35(9-15)22(4-5-29)10-34(11-22)18-7-16(24)6-17(20(18)25)21(36)31-14(3)23(26,27)28;/h6-9,14H,4,10-11H2,1-3H3,(H,31,36)(H,32,33);1H/t14-;/m0./s1. The van der Waals surface area contributed by atoms with E-state index >= 15 is 4.39 Å².